The van der Waals surface area contributed by atoms with Crippen LogP contribution in [-0.4, -0.2) is 56.1 Å². The average Bonchev–Trinajstić information content (AvgIpc) is 3.26. The maximum absolute atomic E-state index is 9.97. The Bertz CT molecular complexity index is 424. The zero-order valence-corrected chi connectivity index (χ0v) is 12.7. The van der Waals surface area contributed by atoms with Crippen molar-refractivity contribution in [3.63, 3.8) is 0 Å². The minimum atomic E-state index is -0.528. The van der Waals surface area contributed by atoms with Crippen molar-refractivity contribution < 1.29 is 14.6 Å². The van der Waals surface area contributed by atoms with E-state index >= 15 is 0 Å². The number of hydrogen-bond donors (Lipinski definition) is 2. The summed E-state index contributed by atoms with van der Waals surface area (Å²) in [6.45, 7) is 3.25. The van der Waals surface area contributed by atoms with Gasteiger partial charge in [-0.3, -0.25) is 0 Å². The van der Waals surface area contributed by atoms with Gasteiger partial charge in [0.25, 0.3) is 0 Å². The molecule has 0 aromatic heterocycles. The molecular formula is C16H26N2O3. The number of nitrogens with two attached hydrogens (primary N) is 1. The third-order valence-corrected chi connectivity index (χ3v) is 3.49. The Kier molecular flexibility index (Phi) is 6.29. The Morgan fingerprint density at radius 3 is 2.95 bits per heavy atom. The van der Waals surface area contributed by atoms with Crippen LogP contribution in [0.15, 0.2) is 24.3 Å². The summed E-state index contributed by atoms with van der Waals surface area (Å²) in [5, 5.41) is 9.97. The van der Waals surface area contributed by atoms with E-state index in [0.717, 1.165) is 25.7 Å². The average molecular weight is 294 g/mol. The van der Waals surface area contributed by atoms with Gasteiger partial charge >= 0.3 is 0 Å². The summed E-state index contributed by atoms with van der Waals surface area (Å²) in [7, 11) is 1.98. The quantitative estimate of drug-likeness (QED) is 0.504. The molecule has 1 aliphatic carbocycles. The molecule has 0 saturated heterocycles. The van der Waals surface area contributed by atoms with E-state index in [9.17, 15) is 5.11 Å². The van der Waals surface area contributed by atoms with Crippen molar-refractivity contribution in [1.82, 2.24) is 4.90 Å². The largest absolute Gasteiger partial charge is 0.491 e. The first-order chi connectivity index (χ1) is 10.1. The summed E-state index contributed by atoms with van der Waals surface area (Å²) in [5.41, 5.74) is 6.33. The van der Waals surface area contributed by atoms with Crippen molar-refractivity contribution in [2.45, 2.75) is 18.9 Å². The van der Waals surface area contributed by atoms with Crippen molar-refractivity contribution in [2.24, 2.45) is 5.92 Å². The van der Waals surface area contributed by atoms with E-state index in [2.05, 4.69) is 4.90 Å². The summed E-state index contributed by atoms with van der Waals surface area (Å²) >= 11 is 0. The lowest BCUT2D eigenvalue weighted by Gasteiger charge is -2.20. The number of aliphatic hydroxyl groups excluding tert-OH is 1. The molecule has 0 spiro atoms. The third-order valence-electron chi connectivity index (χ3n) is 3.49. The highest BCUT2D eigenvalue weighted by Crippen LogP contribution is 2.28. The molecule has 5 heteroatoms. The minimum absolute atomic E-state index is 0.261. The van der Waals surface area contributed by atoms with E-state index in [1.54, 1.807) is 12.1 Å². The van der Waals surface area contributed by atoms with Crippen LogP contribution in [0.3, 0.4) is 0 Å². The maximum Gasteiger partial charge on any atom is 0.121 e. The third kappa shape index (κ3) is 6.80. The lowest BCUT2D eigenvalue weighted by molar-refractivity contribution is 0.0573. The Balaban J connectivity index is 1.55. The molecule has 0 heterocycles. The van der Waals surface area contributed by atoms with E-state index in [1.807, 2.05) is 19.2 Å². The Labute approximate surface area is 126 Å². The van der Waals surface area contributed by atoms with Gasteiger partial charge in [0, 0.05) is 31.5 Å². The van der Waals surface area contributed by atoms with Crippen LogP contribution < -0.4 is 10.5 Å². The second-order valence-electron chi connectivity index (χ2n) is 5.82. The van der Waals surface area contributed by atoms with Gasteiger partial charge in [-0.05, 0) is 37.9 Å². The second-order valence-corrected chi connectivity index (χ2v) is 5.82. The first-order valence-electron chi connectivity index (χ1n) is 7.56. The first-order valence-corrected chi connectivity index (χ1v) is 7.56. The van der Waals surface area contributed by atoms with Crippen molar-refractivity contribution in [2.75, 3.05) is 45.7 Å². The Hall–Kier alpha value is -1.30. The predicted octanol–water partition coefficient (Wildman–Crippen LogP) is 1.37. The van der Waals surface area contributed by atoms with E-state index in [0.29, 0.717) is 18.0 Å². The number of benzene rings is 1. The minimum Gasteiger partial charge on any atom is -0.491 e. The monoisotopic (exact) mass is 294 g/mol. The molecule has 0 bridgehead atoms. The normalized spacial score (nSPS) is 16.1. The van der Waals surface area contributed by atoms with Gasteiger partial charge < -0.3 is 25.2 Å². The molecule has 3 N–H and O–H groups in total. The first kappa shape index (κ1) is 16.1. The van der Waals surface area contributed by atoms with E-state index in [4.69, 9.17) is 15.2 Å². The lowest BCUT2D eigenvalue weighted by Crippen LogP contribution is -2.35. The number of rotatable bonds is 10. The van der Waals surface area contributed by atoms with Gasteiger partial charge in [-0.25, -0.2) is 0 Å². The van der Waals surface area contributed by atoms with Crippen LogP contribution >= 0.6 is 0 Å². The molecule has 1 unspecified atom stereocenters. The van der Waals surface area contributed by atoms with E-state index in [1.165, 1.54) is 12.8 Å². The van der Waals surface area contributed by atoms with Crippen LogP contribution in [0.25, 0.3) is 0 Å². The van der Waals surface area contributed by atoms with Crippen LogP contribution in [-0.2, 0) is 4.74 Å². The number of anilines is 1. The zero-order valence-electron chi connectivity index (χ0n) is 12.7. The molecule has 1 aromatic rings. The van der Waals surface area contributed by atoms with Crippen LogP contribution in [0.5, 0.6) is 5.75 Å². The van der Waals surface area contributed by atoms with Crippen molar-refractivity contribution in [1.29, 1.82) is 0 Å². The van der Waals surface area contributed by atoms with Gasteiger partial charge in [-0.1, -0.05) is 6.07 Å². The summed E-state index contributed by atoms with van der Waals surface area (Å²) in [6.07, 6.45) is 2.10. The fourth-order valence-corrected chi connectivity index (χ4v) is 2.06. The number of nitrogens with zero attached hydrogens (tertiary/aromatic N) is 1. The number of likely N-dealkylation sites (N-methyl/N-ethyl adjacent to an activating group) is 1. The predicted molar refractivity (Wildman–Crippen MR) is 83.4 cm³/mol. The summed E-state index contributed by atoms with van der Waals surface area (Å²) < 4.78 is 11.1. The van der Waals surface area contributed by atoms with E-state index < -0.39 is 6.10 Å². The molecule has 0 aliphatic heterocycles. The maximum atomic E-state index is 9.97. The molecule has 0 amide bonds. The standard InChI is InChI=1S/C16H26N2O3/c1-18(7-8-20-11-13-5-6-13)10-15(19)12-21-16-4-2-3-14(17)9-16/h2-4,9,13,15,19H,5-8,10-12,17H2,1H3. The summed E-state index contributed by atoms with van der Waals surface area (Å²) in [4.78, 5) is 2.06. The van der Waals surface area contributed by atoms with Crippen LogP contribution in [0.4, 0.5) is 5.69 Å². The number of hydrogen-bond acceptors (Lipinski definition) is 5. The number of aliphatic hydroxyl groups is 1. The molecule has 1 aliphatic rings. The number of nitrogen functional groups attached to an aromatic ring is 1. The van der Waals surface area contributed by atoms with Gasteiger partial charge in [0.1, 0.15) is 18.5 Å². The SMILES string of the molecule is CN(CCOCC1CC1)CC(O)COc1cccc(N)c1. The van der Waals surface area contributed by atoms with Crippen molar-refractivity contribution in [3.8, 4) is 5.75 Å². The van der Waals surface area contributed by atoms with Crippen LogP contribution in [0.1, 0.15) is 12.8 Å². The fourth-order valence-electron chi connectivity index (χ4n) is 2.06. The highest BCUT2D eigenvalue weighted by atomic mass is 16.5. The molecule has 5 nitrogen and oxygen atoms in total. The summed E-state index contributed by atoms with van der Waals surface area (Å²) in [6, 6.07) is 7.22. The van der Waals surface area contributed by atoms with Gasteiger partial charge in [-0.15, -0.1) is 0 Å². The van der Waals surface area contributed by atoms with Gasteiger partial charge in [0.2, 0.25) is 0 Å². The van der Waals surface area contributed by atoms with Crippen molar-refractivity contribution >= 4 is 5.69 Å². The molecule has 1 fully saturated rings. The number of ether oxygens (including phenoxy) is 2. The molecule has 1 aromatic carbocycles. The molecule has 0 radical (unpaired) electrons. The molecule has 118 valence electrons. The van der Waals surface area contributed by atoms with Gasteiger partial charge in [0.05, 0.1) is 6.61 Å². The van der Waals surface area contributed by atoms with Gasteiger partial charge in [-0.2, -0.15) is 0 Å². The van der Waals surface area contributed by atoms with Crippen molar-refractivity contribution in [3.05, 3.63) is 24.3 Å². The Morgan fingerprint density at radius 1 is 1.43 bits per heavy atom. The highest BCUT2D eigenvalue weighted by Gasteiger charge is 2.21. The highest BCUT2D eigenvalue weighted by molar-refractivity contribution is 5.43. The zero-order chi connectivity index (χ0) is 15.1. The Morgan fingerprint density at radius 2 is 2.24 bits per heavy atom. The lowest BCUT2D eigenvalue weighted by atomic mass is 10.3. The smallest absolute Gasteiger partial charge is 0.121 e. The summed E-state index contributed by atoms with van der Waals surface area (Å²) in [5.74, 6) is 1.48. The van der Waals surface area contributed by atoms with Crippen LogP contribution in [0, 0.1) is 5.92 Å². The molecule has 2 rings (SSSR count). The fraction of sp³-hybridized carbons (Fsp3) is 0.625. The second kappa shape index (κ2) is 8.22. The molecule has 21 heavy (non-hydrogen) atoms. The molecule has 1 atom stereocenters. The van der Waals surface area contributed by atoms with E-state index in [-0.39, 0.29) is 6.61 Å². The van der Waals surface area contributed by atoms with Gasteiger partial charge in [0.15, 0.2) is 0 Å². The van der Waals surface area contributed by atoms with Crippen LogP contribution in [0.2, 0.25) is 0 Å². The molecular weight excluding hydrogens is 268 g/mol. The topological polar surface area (TPSA) is 68.0 Å². The molecule has 1 saturated carbocycles.